The Morgan fingerprint density at radius 1 is 1.24 bits per heavy atom. The summed E-state index contributed by atoms with van der Waals surface area (Å²) >= 11 is 6.09. The van der Waals surface area contributed by atoms with Crippen LogP contribution in [0.3, 0.4) is 0 Å². The first-order chi connectivity index (χ1) is 10.3. The molecule has 0 saturated carbocycles. The van der Waals surface area contributed by atoms with Gasteiger partial charge in [0, 0.05) is 18.4 Å². The molecule has 106 valence electrons. The Kier molecular flexibility index (Phi) is 3.13. The van der Waals surface area contributed by atoms with Crippen LogP contribution >= 0.6 is 11.6 Å². The second kappa shape index (κ2) is 5.13. The number of nitrogens with one attached hydrogen (secondary N) is 1. The van der Waals surface area contributed by atoms with E-state index in [2.05, 4.69) is 27.4 Å². The Bertz CT molecular complexity index is 790. The molecule has 4 nitrogen and oxygen atoms in total. The number of hydrogen-bond donors (Lipinski definition) is 1. The zero-order chi connectivity index (χ0) is 14.2. The van der Waals surface area contributed by atoms with Gasteiger partial charge in [-0.05, 0) is 49.2 Å². The summed E-state index contributed by atoms with van der Waals surface area (Å²) in [5.41, 5.74) is 4.05. The fourth-order valence-electron chi connectivity index (χ4n) is 2.92. The number of halogens is 1. The highest BCUT2D eigenvalue weighted by Gasteiger charge is 2.17. The van der Waals surface area contributed by atoms with Crippen molar-refractivity contribution in [3.63, 3.8) is 0 Å². The second-order valence-electron chi connectivity index (χ2n) is 5.34. The van der Waals surface area contributed by atoms with Crippen LogP contribution in [0.25, 0.3) is 17.0 Å². The van der Waals surface area contributed by atoms with Gasteiger partial charge in [-0.1, -0.05) is 11.6 Å². The van der Waals surface area contributed by atoms with E-state index < -0.39 is 0 Å². The van der Waals surface area contributed by atoms with Gasteiger partial charge < -0.3 is 5.32 Å². The highest BCUT2D eigenvalue weighted by atomic mass is 35.5. The average Bonchev–Trinajstić information content (AvgIpc) is 3.16. The molecule has 0 aliphatic carbocycles. The van der Waals surface area contributed by atoms with Crippen LogP contribution in [-0.4, -0.2) is 20.9 Å². The molecule has 4 rings (SSSR count). The van der Waals surface area contributed by atoms with Crippen molar-refractivity contribution in [3.8, 4) is 11.4 Å². The molecule has 1 N–H and O–H groups in total. The van der Waals surface area contributed by atoms with Crippen LogP contribution in [0.4, 0.5) is 0 Å². The molecule has 1 atom stereocenters. The molecule has 1 aliphatic heterocycles. The van der Waals surface area contributed by atoms with Gasteiger partial charge >= 0.3 is 0 Å². The van der Waals surface area contributed by atoms with Crippen LogP contribution in [0.2, 0.25) is 5.02 Å². The molecule has 0 spiro atoms. The summed E-state index contributed by atoms with van der Waals surface area (Å²) in [6, 6.07) is 8.43. The lowest BCUT2D eigenvalue weighted by Gasteiger charge is -2.11. The first-order valence-corrected chi connectivity index (χ1v) is 7.51. The first kappa shape index (κ1) is 12.8. The quantitative estimate of drug-likeness (QED) is 0.787. The molecule has 0 bridgehead atoms. The Balaban J connectivity index is 1.81. The van der Waals surface area contributed by atoms with Crippen LogP contribution in [0.1, 0.15) is 24.4 Å². The summed E-state index contributed by atoms with van der Waals surface area (Å²) in [4.78, 5) is 8.91. The Hall–Kier alpha value is -1.91. The minimum absolute atomic E-state index is 0.439. The third kappa shape index (κ3) is 2.30. The number of imidazole rings is 1. The van der Waals surface area contributed by atoms with Crippen molar-refractivity contribution in [2.45, 2.75) is 18.9 Å². The Morgan fingerprint density at radius 2 is 2.19 bits per heavy atom. The molecule has 21 heavy (non-hydrogen) atoms. The molecule has 0 radical (unpaired) electrons. The van der Waals surface area contributed by atoms with Crippen molar-refractivity contribution in [2.75, 3.05) is 6.54 Å². The number of pyridine rings is 2. The van der Waals surface area contributed by atoms with E-state index in [0.29, 0.717) is 11.1 Å². The van der Waals surface area contributed by atoms with Crippen molar-refractivity contribution in [2.24, 2.45) is 0 Å². The molecule has 1 fully saturated rings. The van der Waals surface area contributed by atoms with E-state index in [0.717, 1.165) is 23.6 Å². The summed E-state index contributed by atoms with van der Waals surface area (Å²) in [5, 5.41) is 4.21. The summed E-state index contributed by atoms with van der Waals surface area (Å²) in [5.74, 6) is 0. The molecule has 0 amide bonds. The van der Waals surface area contributed by atoms with Crippen molar-refractivity contribution in [1.82, 2.24) is 19.7 Å². The van der Waals surface area contributed by atoms with Gasteiger partial charge in [0.2, 0.25) is 0 Å². The van der Waals surface area contributed by atoms with E-state index >= 15 is 0 Å². The summed E-state index contributed by atoms with van der Waals surface area (Å²) in [6.45, 7) is 1.09. The average molecular weight is 299 g/mol. The van der Waals surface area contributed by atoms with Crippen LogP contribution in [0.15, 0.2) is 42.9 Å². The maximum absolute atomic E-state index is 6.09. The third-order valence-electron chi connectivity index (χ3n) is 3.98. The van der Waals surface area contributed by atoms with E-state index in [1.54, 1.807) is 0 Å². The number of aromatic nitrogens is 3. The lowest BCUT2D eigenvalue weighted by atomic mass is 10.1. The van der Waals surface area contributed by atoms with Crippen molar-refractivity contribution in [1.29, 1.82) is 0 Å². The molecule has 1 aliphatic rings. The van der Waals surface area contributed by atoms with E-state index in [-0.39, 0.29) is 0 Å². The summed E-state index contributed by atoms with van der Waals surface area (Å²) in [7, 11) is 0. The van der Waals surface area contributed by atoms with E-state index in [1.165, 1.54) is 18.4 Å². The molecular formula is C16H15ClN4. The predicted octanol–water partition coefficient (Wildman–Crippen LogP) is 3.47. The summed E-state index contributed by atoms with van der Waals surface area (Å²) in [6.07, 6.45) is 8.01. The van der Waals surface area contributed by atoms with Crippen molar-refractivity contribution < 1.29 is 0 Å². The van der Waals surface area contributed by atoms with Crippen molar-refractivity contribution in [3.05, 3.63) is 53.4 Å². The number of nitrogens with zero attached hydrogens (tertiary/aromatic N) is 3. The molecule has 3 aromatic rings. The molecule has 5 heteroatoms. The van der Waals surface area contributed by atoms with Crippen LogP contribution in [0.5, 0.6) is 0 Å². The molecular weight excluding hydrogens is 284 g/mol. The Labute approximate surface area is 127 Å². The van der Waals surface area contributed by atoms with Gasteiger partial charge in [0.05, 0.1) is 22.6 Å². The number of fused-ring (bicyclic) bond motifs is 1. The highest BCUT2D eigenvalue weighted by Crippen LogP contribution is 2.27. The monoisotopic (exact) mass is 298 g/mol. The topological polar surface area (TPSA) is 42.2 Å². The van der Waals surface area contributed by atoms with Gasteiger partial charge in [-0.3, -0.25) is 9.38 Å². The molecule has 4 heterocycles. The third-order valence-corrected chi connectivity index (χ3v) is 4.20. The fraction of sp³-hybridized carbons (Fsp3) is 0.250. The van der Waals surface area contributed by atoms with E-state index in [1.807, 2.05) is 35.1 Å². The van der Waals surface area contributed by atoms with E-state index in [4.69, 9.17) is 11.6 Å². The van der Waals surface area contributed by atoms with E-state index in [9.17, 15) is 0 Å². The lowest BCUT2D eigenvalue weighted by molar-refractivity contribution is 0.647. The maximum Gasteiger partial charge on any atom is 0.137 e. The second-order valence-corrected chi connectivity index (χ2v) is 5.78. The standard InChI is InChI=1S/C16H15ClN4/c17-12-3-4-16-20-9-15(21(16)10-12)14-8-11(5-7-19-14)13-2-1-6-18-13/h3-5,7-10,13,18H,1-2,6H2/t13-/m1/s1. The molecule has 0 aromatic carbocycles. The first-order valence-electron chi connectivity index (χ1n) is 7.13. The SMILES string of the molecule is Clc1ccc2ncc(-c3cc([C@H]4CCCN4)ccn3)n2c1. The van der Waals surface area contributed by atoms with Crippen molar-refractivity contribution >= 4 is 17.2 Å². The van der Waals surface area contributed by atoms with Crippen LogP contribution < -0.4 is 5.32 Å². The Morgan fingerprint density at radius 3 is 3.05 bits per heavy atom. The zero-order valence-electron chi connectivity index (χ0n) is 11.5. The highest BCUT2D eigenvalue weighted by molar-refractivity contribution is 6.30. The predicted molar refractivity (Wildman–Crippen MR) is 83.4 cm³/mol. The zero-order valence-corrected chi connectivity index (χ0v) is 12.2. The van der Waals surface area contributed by atoms with Crippen LogP contribution in [-0.2, 0) is 0 Å². The maximum atomic E-state index is 6.09. The van der Waals surface area contributed by atoms with Gasteiger partial charge in [-0.2, -0.15) is 0 Å². The molecule has 0 unspecified atom stereocenters. The molecule has 3 aromatic heterocycles. The van der Waals surface area contributed by atoms with Gasteiger partial charge in [-0.25, -0.2) is 4.98 Å². The number of hydrogen-bond acceptors (Lipinski definition) is 3. The largest absolute Gasteiger partial charge is 0.310 e. The normalized spacial score (nSPS) is 18.4. The number of rotatable bonds is 2. The smallest absolute Gasteiger partial charge is 0.137 e. The minimum Gasteiger partial charge on any atom is -0.310 e. The summed E-state index contributed by atoms with van der Waals surface area (Å²) < 4.78 is 1.98. The van der Waals surface area contributed by atoms with Crippen LogP contribution in [0, 0.1) is 0 Å². The van der Waals surface area contributed by atoms with Gasteiger partial charge in [-0.15, -0.1) is 0 Å². The minimum atomic E-state index is 0.439. The molecule has 1 saturated heterocycles. The fourth-order valence-corrected chi connectivity index (χ4v) is 3.08. The van der Waals surface area contributed by atoms with Gasteiger partial charge in [0.25, 0.3) is 0 Å². The van der Waals surface area contributed by atoms with Gasteiger partial charge in [0.1, 0.15) is 5.65 Å². The van der Waals surface area contributed by atoms with Gasteiger partial charge in [0.15, 0.2) is 0 Å². The lowest BCUT2D eigenvalue weighted by Crippen LogP contribution is -2.12.